The van der Waals surface area contributed by atoms with E-state index in [0.29, 0.717) is 22.1 Å². The Kier molecular flexibility index (Phi) is 5.79. The van der Waals surface area contributed by atoms with Gasteiger partial charge in [-0.3, -0.25) is 4.90 Å². The largest absolute Gasteiger partial charge is 0.504 e. The molecule has 1 aliphatic rings. The Morgan fingerprint density at radius 2 is 1.83 bits per heavy atom. The maximum atomic E-state index is 12.7. The lowest BCUT2D eigenvalue weighted by atomic mass is 9.94. The van der Waals surface area contributed by atoms with Crippen molar-refractivity contribution in [1.82, 2.24) is 5.32 Å². The van der Waals surface area contributed by atoms with Gasteiger partial charge in [-0.1, -0.05) is 12.1 Å². The molecule has 2 N–H and O–H groups in total. The van der Waals surface area contributed by atoms with Gasteiger partial charge in [0.15, 0.2) is 16.6 Å². The molecule has 1 unspecified atom stereocenters. The Balaban J connectivity index is 2.15. The number of rotatable bonds is 4. The Bertz CT molecular complexity index is 1020. The first-order chi connectivity index (χ1) is 13.8. The summed E-state index contributed by atoms with van der Waals surface area (Å²) in [5.74, 6) is -0.122. The fourth-order valence-corrected chi connectivity index (χ4v) is 3.78. The van der Waals surface area contributed by atoms with Crippen molar-refractivity contribution in [1.29, 1.82) is 0 Å². The van der Waals surface area contributed by atoms with Crippen LogP contribution in [0.25, 0.3) is 0 Å². The number of nitrogens with zero attached hydrogens (tertiary/aromatic N) is 1. The molecule has 1 heterocycles. The molecular weight excluding hydrogens is 388 g/mol. The SMILES string of the molecule is COC(=O)C1=C(C)N(c2ccc(C)c(C)c2)C(=S)NC1c1ccc(O)c(OC)c1. The third-order valence-electron chi connectivity index (χ3n) is 5.18. The van der Waals surface area contributed by atoms with Gasteiger partial charge in [-0.05, 0) is 73.9 Å². The molecule has 0 amide bonds. The Labute approximate surface area is 175 Å². The van der Waals surface area contributed by atoms with E-state index in [1.807, 2.05) is 43.9 Å². The standard InChI is InChI=1S/C22H24N2O4S/c1-12-6-8-16(10-13(12)2)24-14(3)19(21(26)28-5)20(23-22(24)29)15-7-9-17(25)18(11-15)27-4/h6-11,20,25H,1-5H3,(H,23,29). The number of carbonyl (C=O) groups is 1. The summed E-state index contributed by atoms with van der Waals surface area (Å²) in [7, 11) is 2.83. The van der Waals surface area contributed by atoms with Gasteiger partial charge in [-0.15, -0.1) is 0 Å². The molecule has 0 aromatic heterocycles. The lowest BCUT2D eigenvalue weighted by molar-refractivity contribution is -0.136. The summed E-state index contributed by atoms with van der Waals surface area (Å²) in [6, 6.07) is 10.4. The zero-order chi connectivity index (χ0) is 21.3. The molecule has 1 atom stereocenters. The van der Waals surface area contributed by atoms with E-state index in [1.54, 1.807) is 12.1 Å². The molecule has 1 aliphatic heterocycles. The highest BCUT2D eigenvalue weighted by molar-refractivity contribution is 7.80. The predicted molar refractivity (Wildman–Crippen MR) is 116 cm³/mol. The van der Waals surface area contributed by atoms with Crippen molar-refractivity contribution < 1.29 is 19.4 Å². The molecule has 0 radical (unpaired) electrons. The molecule has 152 valence electrons. The average Bonchev–Trinajstić information content (AvgIpc) is 2.70. The number of aromatic hydroxyl groups is 1. The molecule has 29 heavy (non-hydrogen) atoms. The minimum Gasteiger partial charge on any atom is -0.504 e. The number of hydrogen-bond acceptors (Lipinski definition) is 5. The van der Waals surface area contributed by atoms with Gasteiger partial charge in [-0.2, -0.15) is 0 Å². The van der Waals surface area contributed by atoms with Crippen LogP contribution in [-0.2, 0) is 9.53 Å². The first-order valence-corrected chi connectivity index (χ1v) is 9.53. The lowest BCUT2D eigenvalue weighted by Crippen LogP contribution is -2.48. The summed E-state index contributed by atoms with van der Waals surface area (Å²) in [5, 5.41) is 13.6. The summed E-state index contributed by atoms with van der Waals surface area (Å²) < 4.78 is 10.3. The molecule has 0 bridgehead atoms. The van der Waals surface area contributed by atoms with Gasteiger partial charge in [0.05, 0.1) is 25.8 Å². The van der Waals surface area contributed by atoms with E-state index in [1.165, 1.54) is 25.8 Å². The molecule has 0 spiro atoms. The number of phenols is 1. The number of ether oxygens (including phenoxy) is 2. The van der Waals surface area contributed by atoms with Crippen LogP contribution >= 0.6 is 12.2 Å². The van der Waals surface area contributed by atoms with Crippen LogP contribution in [0.15, 0.2) is 47.7 Å². The maximum Gasteiger partial charge on any atom is 0.337 e. The van der Waals surface area contributed by atoms with Crippen molar-refractivity contribution in [2.24, 2.45) is 0 Å². The number of aryl methyl sites for hydroxylation is 2. The van der Waals surface area contributed by atoms with Crippen molar-refractivity contribution in [3.8, 4) is 11.5 Å². The van der Waals surface area contributed by atoms with Crippen LogP contribution in [0.1, 0.15) is 29.7 Å². The Hall–Kier alpha value is -3.06. The van der Waals surface area contributed by atoms with Gasteiger partial charge in [0.2, 0.25) is 0 Å². The van der Waals surface area contributed by atoms with Gasteiger partial charge in [0.1, 0.15) is 0 Å². The fraction of sp³-hybridized carbons (Fsp3) is 0.273. The highest BCUT2D eigenvalue weighted by Gasteiger charge is 2.35. The molecule has 2 aromatic carbocycles. The second kappa shape index (κ2) is 8.13. The van der Waals surface area contributed by atoms with E-state index >= 15 is 0 Å². The van der Waals surface area contributed by atoms with Crippen molar-refractivity contribution in [3.63, 3.8) is 0 Å². The van der Waals surface area contributed by atoms with E-state index in [9.17, 15) is 9.90 Å². The first kappa shape index (κ1) is 20.7. The van der Waals surface area contributed by atoms with Gasteiger partial charge < -0.3 is 19.9 Å². The monoisotopic (exact) mass is 412 g/mol. The number of anilines is 1. The van der Waals surface area contributed by atoms with Gasteiger partial charge in [0.25, 0.3) is 0 Å². The molecule has 3 rings (SSSR count). The van der Waals surface area contributed by atoms with E-state index in [-0.39, 0.29) is 5.75 Å². The number of carbonyl (C=O) groups excluding carboxylic acids is 1. The Morgan fingerprint density at radius 3 is 2.45 bits per heavy atom. The van der Waals surface area contributed by atoms with Crippen LogP contribution in [0.5, 0.6) is 11.5 Å². The van der Waals surface area contributed by atoms with Crippen molar-refractivity contribution in [2.45, 2.75) is 26.8 Å². The number of methoxy groups -OCH3 is 2. The van der Waals surface area contributed by atoms with Crippen LogP contribution in [0, 0.1) is 13.8 Å². The number of allylic oxidation sites excluding steroid dienone is 1. The normalized spacial score (nSPS) is 16.5. The fourth-order valence-electron chi connectivity index (χ4n) is 3.42. The second-order valence-electron chi connectivity index (χ2n) is 6.91. The average molecular weight is 413 g/mol. The van der Waals surface area contributed by atoms with Crippen LogP contribution < -0.4 is 15.0 Å². The van der Waals surface area contributed by atoms with Crippen molar-refractivity contribution >= 4 is 29.0 Å². The molecule has 2 aromatic rings. The van der Waals surface area contributed by atoms with Gasteiger partial charge in [-0.25, -0.2) is 4.79 Å². The predicted octanol–water partition coefficient (Wildman–Crippen LogP) is 3.90. The zero-order valence-electron chi connectivity index (χ0n) is 17.1. The molecule has 0 aliphatic carbocycles. The highest BCUT2D eigenvalue weighted by atomic mass is 32.1. The summed E-state index contributed by atoms with van der Waals surface area (Å²) in [4.78, 5) is 14.6. The molecule has 0 saturated carbocycles. The summed E-state index contributed by atoms with van der Waals surface area (Å²) in [5.41, 5.74) is 5.01. The van der Waals surface area contributed by atoms with Gasteiger partial charge >= 0.3 is 5.97 Å². The third kappa shape index (κ3) is 3.78. The highest BCUT2D eigenvalue weighted by Crippen LogP contribution is 2.37. The van der Waals surface area contributed by atoms with Crippen molar-refractivity contribution in [3.05, 3.63) is 64.4 Å². The number of benzene rings is 2. The van der Waals surface area contributed by atoms with Gasteiger partial charge in [0, 0.05) is 11.4 Å². The lowest BCUT2D eigenvalue weighted by Gasteiger charge is -2.37. The van der Waals surface area contributed by atoms with Crippen LogP contribution in [-0.4, -0.2) is 30.4 Å². The first-order valence-electron chi connectivity index (χ1n) is 9.12. The van der Waals surface area contributed by atoms with E-state index < -0.39 is 12.0 Å². The summed E-state index contributed by atoms with van der Waals surface area (Å²) in [6.07, 6.45) is 0. The quantitative estimate of drug-likeness (QED) is 0.583. The Morgan fingerprint density at radius 1 is 1.10 bits per heavy atom. The summed E-state index contributed by atoms with van der Waals surface area (Å²) in [6.45, 7) is 5.92. The molecule has 0 fully saturated rings. The van der Waals surface area contributed by atoms with Crippen molar-refractivity contribution in [2.75, 3.05) is 19.1 Å². The number of esters is 1. The maximum absolute atomic E-state index is 12.7. The number of thiocarbonyl (C=S) groups is 1. The molecule has 6 nitrogen and oxygen atoms in total. The third-order valence-corrected chi connectivity index (χ3v) is 5.48. The summed E-state index contributed by atoms with van der Waals surface area (Å²) >= 11 is 5.65. The minimum absolute atomic E-state index is 0.0201. The number of phenolic OH excluding ortho intramolecular Hbond substituents is 1. The smallest absolute Gasteiger partial charge is 0.337 e. The molecule has 7 heteroatoms. The minimum atomic E-state index is -0.535. The second-order valence-corrected chi connectivity index (χ2v) is 7.30. The van der Waals surface area contributed by atoms with Crippen LogP contribution in [0.3, 0.4) is 0 Å². The van der Waals surface area contributed by atoms with E-state index in [0.717, 1.165) is 16.8 Å². The number of hydrogen-bond donors (Lipinski definition) is 2. The van der Waals surface area contributed by atoms with E-state index in [2.05, 4.69) is 5.32 Å². The molecular formula is C22H24N2O4S. The zero-order valence-corrected chi connectivity index (χ0v) is 17.9. The van der Waals surface area contributed by atoms with Crippen LogP contribution in [0.2, 0.25) is 0 Å². The van der Waals surface area contributed by atoms with E-state index in [4.69, 9.17) is 21.7 Å². The topological polar surface area (TPSA) is 71.0 Å². The molecule has 0 saturated heterocycles. The number of nitrogens with one attached hydrogen (secondary N) is 1. The van der Waals surface area contributed by atoms with Crippen LogP contribution in [0.4, 0.5) is 5.69 Å².